The van der Waals surface area contributed by atoms with Gasteiger partial charge in [-0.25, -0.2) is 0 Å². The van der Waals surface area contributed by atoms with Gasteiger partial charge in [-0.1, -0.05) is 19.1 Å². The van der Waals surface area contributed by atoms with Crippen molar-refractivity contribution < 1.29 is 10.2 Å². The van der Waals surface area contributed by atoms with E-state index in [-0.39, 0.29) is 0 Å². The first-order chi connectivity index (χ1) is 11.1. The van der Waals surface area contributed by atoms with Crippen molar-refractivity contribution in [1.82, 2.24) is 4.90 Å². The van der Waals surface area contributed by atoms with Crippen LogP contribution in [0, 0.1) is 0 Å². The number of aliphatic hydroxyl groups is 2. The van der Waals surface area contributed by atoms with Crippen molar-refractivity contribution in [2.75, 3.05) is 37.6 Å². The van der Waals surface area contributed by atoms with Gasteiger partial charge in [0.25, 0.3) is 0 Å². The largest absolute Gasteiger partial charge is 0.392 e. The van der Waals surface area contributed by atoms with E-state index < -0.39 is 11.7 Å². The minimum atomic E-state index is -0.581. The van der Waals surface area contributed by atoms with E-state index in [9.17, 15) is 10.2 Å². The fraction of sp³-hybridized carbons (Fsp3) is 0.684. The molecule has 1 aromatic carbocycles. The smallest absolute Gasteiger partial charge is 0.0694 e. The molecule has 23 heavy (non-hydrogen) atoms. The van der Waals surface area contributed by atoms with Crippen molar-refractivity contribution in [1.29, 1.82) is 0 Å². The number of nitrogens with zero attached hydrogens (tertiary/aromatic N) is 2. The van der Waals surface area contributed by atoms with Crippen molar-refractivity contribution in [2.24, 2.45) is 0 Å². The van der Waals surface area contributed by atoms with Gasteiger partial charge in [-0.2, -0.15) is 0 Å². The van der Waals surface area contributed by atoms with Crippen LogP contribution in [0.5, 0.6) is 0 Å². The lowest BCUT2D eigenvalue weighted by Crippen LogP contribution is -2.50. The van der Waals surface area contributed by atoms with E-state index in [1.54, 1.807) is 0 Å². The average Bonchev–Trinajstić information content (AvgIpc) is 2.54. The summed E-state index contributed by atoms with van der Waals surface area (Å²) in [6.07, 6.45) is 4.01. The fourth-order valence-corrected chi connectivity index (χ4v) is 3.72. The Balaban J connectivity index is 1.44. The summed E-state index contributed by atoms with van der Waals surface area (Å²) in [4.78, 5) is 4.74. The number of rotatable bonds is 6. The van der Waals surface area contributed by atoms with Gasteiger partial charge in [0.05, 0.1) is 11.7 Å². The molecule has 1 aromatic rings. The zero-order chi connectivity index (χ0) is 16.3. The SMILES string of the molecule is CCc1ccc(N2CCN(CC(O)CC3(O)CCC3)CC2)cc1. The quantitative estimate of drug-likeness (QED) is 0.843. The molecule has 1 unspecified atom stereocenters. The normalized spacial score (nSPS) is 22.7. The topological polar surface area (TPSA) is 46.9 Å². The molecule has 0 bridgehead atoms. The number of hydrogen-bond acceptors (Lipinski definition) is 4. The molecule has 0 aromatic heterocycles. The number of anilines is 1. The summed E-state index contributed by atoms with van der Waals surface area (Å²) in [5.74, 6) is 0. The maximum atomic E-state index is 10.2. The third-order valence-electron chi connectivity index (χ3n) is 5.45. The summed E-state index contributed by atoms with van der Waals surface area (Å²) in [5.41, 5.74) is 2.10. The number of piperazine rings is 1. The molecule has 4 heteroatoms. The van der Waals surface area contributed by atoms with E-state index in [0.717, 1.165) is 51.9 Å². The number of aryl methyl sites for hydroxylation is 1. The molecule has 4 nitrogen and oxygen atoms in total. The lowest BCUT2D eigenvalue weighted by atomic mass is 9.76. The van der Waals surface area contributed by atoms with Crippen LogP contribution in [0.1, 0.15) is 38.2 Å². The molecule has 128 valence electrons. The fourth-order valence-electron chi connectivity index (χ4n) is 3.72. The third kappa shape index (κ3) is 4.25. The first-order valence-corrected chi connectivity index (χ1v) is 9.05. The molecule has 2 fully saturated rings. The maximum absolute atomic E-state index is 10.2. The van der Waals surface area contributed by atoms with Crippen molar-refractivity contribution >= 4 is 5.69 Å². The monoisotopic (exact) mass is 318 g/mol. The third-order valence-corrected chi connectivity index (χ3v) is 5.45. The Labute approximate surface area is 139 Å². The van der Waals surface area contributed by atoms with Crippen molar-refractivity contribution in [3.63, 3.8) is 0 Å². The van der Waals surface area contributed by atoms with Gasteiger partial charge in [0, 0.05) is 44.8 Å². The van der Waals surface area contributed by atoms with Crippen LogP contribution in [0.2, 0.25) is 0 Å². The zero-order valence-corrected chi connectivity index (χ0v) is 14.2. The summed E-state index contributed by atoms with van der Waals surface area (Å²) in [5, 5.41) is 20.4. The predicted molar refractivity (Wildman–Crippen MR) is 93.9 cm³/mol. The molecule has 1 saturated carbocycles. The van der Waals surface area contributed by atoms with Gasteiger partial charge in [-0.3, -0.25) is 4.90 Å². The Hall–Kier alpha value is -1.10. The molecule has 1 saturated heterocycles. The standard InChI is InChI=1S/C19H30N2O2/c1-2-16-4-6-17(7-5-16)21-12-10-20(11-13-21)15-18(22)14-19(23)8-3-9-19/h4-7,18,22-23H,2-3,8-15H2,1H3. The summed E-state index contributed by atoms with van der Waals surface area (Å²) in [7, 11) is 0. The van der Waals surface area contributed by atoms with Gasteiger partial charge in [0.15, 0.2) is 0 Å². The highest BCUT2D eigenvalue weighted by Crippen LogP contribution is 2.35. The summed E-state index contributed by atoms with van der Waals surface area (Å²) in [6.45, 7) is 6.82. The molecule has 3 rings (SSSR count). The second kappa shape index (κ2) is 7.20. The Morgan fingerprint density at radius 2 is 1.74 bits per heavy atom. The van der Waals surface area contributed by atoms with Crippen LogP contribution >= 0.6 is 0 Å². The van der Waals surface area contributed by atoms with Gasteiger partial charge in [-0.15, -0.1) is 0 Å². The summed E-state index contributed by atoms with van der Waals surface area (Å²) in [6, 6.07) is 8.86. The van der Waals surface area contributed by atoms with E-state index in [0.29, 0.717) is 13.0 Å². The van der Waals surface area contributed by atoms with E-state index >= 15 is 0 Å². The first-order valence-electron chi connectivity index (χ1n) is 9.05. The van der Waals surface area contributed by atoms with Gasteiger partial charge < -0.3 is 15.1 Å². The molecule has 2 aliphatic rings. The van der Waals surface area contributed by atoms with Crippen LogP contribution in [-0.2, 0) is 6.42 Å². The molecule has 1 heterocycles. The summed E-state index contributed by atoms with van der Waals surface area (Å²) < 4.78 is 0. The minimum absolute atomic E-state index is 0.407. The van der Waals surface area contributed by atoms with E-state index in [1.165, 1.54) is 11.3 Å². The maximum Gasteiger partial charge on any atom is 0.0694 e. The van der Waals surface area contributed by atoms with Gasteiger partial charge in [0.1, 0.15) is 0 Å². The highest BCUT2D eigenvalue weighted by atomic mass is 16.3. The van der Waals surface area contributed by atoms with Crippen molar-refractivity contribution in [3.05, 3.63) is 29.8 Å². The molecule has 1 aliphatic carbocycles. The van der Waals surface area contributed by atoms with Crippen LogP contribution in [0.4, 0.5) is 5.69 Å². The van der Waals surface area contributed by atoms with Gasteiger partial charge in [-0.05, 0) is 43.4 Å². The van der Waals surface area contributed by atoms with Crippen LogP contribution in [0.15, 0.2) is 24.3 Å². The molecule has 1 atom stereocenters. The average molecular weight is 318 g/mol. The van der Waals surface area contributed by atoms with Crippen LogP contribution in [0.25, 0.3) is 0 Å². The number of hydrogen-bond donors (Lipinski definition) is 2. The number of β-amino-alcohol motifs (C(OH)–C–C–N with tert-alkyl or cyclic N) is 1. The number of aliphatic hydroxyl groups excluding tert-OH is 1. The summed E-state index contributed by atoms with van der Waals surface area (Å²) >= 11 is 0. The second-order valence-corrected chi connectivity index (χ2v) is 7.24. The number of benzene rings is 1. The highest BCUT2D eigenvalue weighted by Gasteiger charge is 2.36. The Bertz CT molecular complexity index is 491. The zero-order valence-electron chi connectivity index (χ0n) is 14.2. The molecule has 1 aliphatic heterocycles. The highest BCUT2D eigenvalue weighted by molar-refractivity contribution is 5.48. The van der Waals surface area contributed by atoms with Crippen LogP contribution in [-0.4, -0.2) is 59.5 Å². The molecule has 0 spiro atoms. The minimum Gasteiger partial charge on any atom is -0.392 e. The molecule has 0 amide bonds. The molecular formula is C19H30N2O2. The van der Waals surface area contributed by atoms with Gasteiger partial charge in [0.2, 0.25) is 0 Å². The van der Waals surface area contributed by atoms with E-state index in [2.05, 4.69) is 41.0 Å². The Kier molecular flexibility index (Phi) is 5.24. The van der Waals surface area contributed by atoms with Gasteiger partial charge >= 0.3 is 0 Å². The Morgan fingerprint density at radius 3 is 2.26 bits per heavy atom. The second-order valence-electron chi connectivity index (χ2n) is 7.24. The molecule has 0 radical (unpaired) electrons. The lowest BCUT2D eigenvalue weighted by molar-refractivity contribution is -0.0730. The molecular weight excluding hydrogens is 288 g/mol. The lowest BCUT2D eigenvalue weighted by Gasteiger charge is -2.40. The van der Waals surface area contributed by atoms with E-state index in [4.69, 9.17) is 0 Å². The Morgan fingerprint density at radius 1 is 1.09 bits per heavy atom. The van der Waals surface area contributed by atoms with Crippen LogP contribution in [0.3, 0.4) is 0 Å². The first kappa shape index (κ1) is 16.7. The molecule has 2 N–H and O–H groups in total. The van der Waals surface area contributed by atoms with Crippen LogP contribution < -0.4 is 4.90 Å². The van der Waals surface area contributed by atoms with Crippen molar-refractivity contribution in [2.45, 2.75) is 50.7 Å². The van der Waals surface area contributed by atoms with E-state index in [1.807, 2.05) is 0 Å². The van der Waals surface area contributed by atoms with Crippen molar-refractivity contribution in [3.8, 4) is 0 Å². The predicted octanol–water partition coefficient (Wildman–Crippen LogP) is 2.04.